The molecule has 136 valence electrons. The number of aryl methyl sites for hydroxylation is 2. The van der Waals surface area contributed by atoms with Gasteiger partial charge < -0.3 is 9.84 Å². The van der Waals surface area contributed by atoms with E-state index in [1.165, 1.54) is 5.69 Å². The van der Waals surface area contributed by atoms with E-state index in [0.29, 0.717) is 17.2 Å². The van der Waals surface area contributed by atoms with Crippen molar-refractivity contribution in [2.24, 2.45) is 7.05 Å². The monoisotopic (exact) mass is 363 g/mol. The Labute approximate surface area is 154 Å². The van der Waals surface area contributed by atoms with Gasteiger partial charge in [0.15, 0.2) is 0 Å². The predicted octanol–water partition coefficient (Wildman–Crippen LogP) is 3.18. The standard InChI is InChI=1S/C19H26ClN3O2/c1-15-4-5-17(20)18(12-15)25-14-19(24)7-3-10-23(11-8-19)13-16-6-9-21-22(16)2/h4-6,9,12,24H,3,7-8,10-11,13-14H2,1-2H3. The summed E-state index contributed by atoms with van der Waals surface area (Å²) < 4.78 is 7.76. The van der Waals surface area contributed by atoms with Gasteiger partial charge in [0.25, 0.3) is 0 Å². The van der Waals surface area contributed by atoms with Crippen LogP contribution in [0.1, 0.15) is 30.5 Å². The van der Waals surface area contributed by atoms with Crippen LogP contribution in [-0.4, -0.2) is 45.1 Å². The predicted molar refractivity (Wildman–Crippen MR) is 99.0 cm³/mol. The number of likely N-dealkylation sites (tertiary alicyclic amines) is 1. The van der Waals surface area contributed by atoms with Gasteiger partial charge in [0.05, 0.1) is 16.3 Å². The summed E-state index contributed by atoms with van der Waals surface area (Å²) in [5, 5.41) is 15.8. The number of nitrogens with zero attached hydrogens (tertiary/aromatic N) is 3. The Kier molecular flexibility index (Phi) is 5.67. The van der Waals surface area contributed by atoms with E-state index in [-0.39, 0.29) is 6.61 Å². The molecule has 1 aliphatic rings. The van der Waals surface area contributed by atoms with Gasteiger partial charge in [0.1, 0.15) is 12.4 Å². The zero-order valence-electron chi connectivity index (χ0n) is 14.9. The van der Waals surface area contributed by atoms with Crippen LogP contribution in [0.15, 0.2) is 30.5 Å². The first-order chi connectivity index (χ1) is 12.0. The first-order valence-corrected chi connectivity index (χ1v) is 9.14. The molecule has 0 saturated carbocycles. The fraction of sp³-hybridized carbons (Fsp3) is 0.526. The number of rotatable bonds is 5. The second kappa shape index (κ2) is 7.77. The van der Waals surface area contributed by atoms with Crippen LogP contribution in [0.4, 0.5) is 0 Å². The van der Waals surface area contributed by atoms with Crippen LogP contribution in [0, 0.1) is 6.92 Å². The maximum atomic E-state index is 11.0. The summed E-state index contributed by atoms with van der Waals surface area (Å²) >= 11 is 6.19. The first-order valence-electron chi connectivity index (χ1n) is 8.76. The summed E-state index contributed by atoms with van der Waals surface area (Å²) in [6.07, 6.45) is 4.19. The highest BCUT2D eigenvalue weighted by Gasteiger charge is 2.31. The average molecular weight is 364 g/mol. The molecule has 2 heterocycles. The van der Waals surface area contributed by atoms with Crippen LogP contribution in [0.2, 0.25) is 5.02 Å². The van der Waals surface area contributed by atoms with E-state index in [2.05, 4.69) is 10.00 Å². The third-order valence-corrected chi connectivity index (χ3v) is 5.21. The number of benzene rings is 1. The van der Waals surface area contributed by atoms with Crippen LogP contribution in [0.25, 0.3) is 0 Å². The number of aromatic nitrogens is 2. The summed E-state index contributed by atoms with van der Waals surface area (Å²) in [7, 11) is 1.96. The molecule has 1 unspecified atom stereocenters. The molecule has 1 aromatic carbocycles. The third-order valence-electron chi connectivity index (χ3n) is 4.90. The van der Waals surface area contributed by atoms with Crippen LogP contribution >= 0.6 is 11.6 Å². The lowest BCUT2D eigenvalue weighted by atomic mass is 9.96. The molecule has 1 fully saturated rings. The normalized spacial score (nSPS) is 21.9. The van der Waals surface area contributed by atoms with Crippen LogP contribution in [0.3, 0.4) is 0 Å². The van der Waals surface area contributed by atoms with Crippen molar-refractivity contribution in [2.75, 3.05) is 19.7 Å². The zero-order chi connectivity index (χ0) is 17.9. The van der Waals surface area contributed by atoms with Crippen molar-refractivity contribution in [3.05, 3.63) is 46.7 Å². The Hall–Kier alpha value is -1.56. The summed E-state index contributed by atoms with van der Waals surface area (Å²) in [5.74, 6) is 0.645. The van der Waals surface area contributed by atoms with Gasteiger partial charge in [-0.25, -0.2) is 0 Å². The zero-order valence-corrected chi connectivity index (χ0v) is 15.7. The maximum Gasteiger partial charge on any atom is 0.138 e. The fourth-order valence-electron chi connectivity index (χ4n) is 3.26. The minimum absolute atomic E-state index is 0.274. The first kappa shape index (κ1) is 18.2. The van der Waals surface area contributed by atoms with Crippen molar-refractivity contribution < 1.29 is 9.84 Å². The summed E-state index contributed by atoms with van der Waals surface area (Å²) in [6, 6.07) is 7.74. The molecule has 25 heavy (non-hydrogen) atoms. The number of halogens is 1. The van der Waals surface area contributed by atoms with Gasteiger partial charge in [-0.3, -0.25) is 9.58 Å². The molecule has 1 saturated heterocycles. The lowest BCUT2D eigenvalue weighted by Crippen LogP contribution is -2.37. The second-order valence-electron chi connectivity index (χ2n) is 7.02. The molecule has 2 aromatic rings. The number of ether oxygens (including phenoxy) is 1. The van der Waals surface area contributed by atoms with Crippen molar-refractivity contribution in [1.29, 1.82) is 0 Å². The highest BCUT2D eigenvalue weighted by atomic mass is 35.5. The molecule has 0 aliphatic carbocycles. The SMILES string of the molecule is Cc1ccc(Cl)c(OCC2(O)CCCN(Cc3ccnn3C)CC2)c1. The minimum Gasteiger partial charge on any atom is -0.489 e. The molecular formula is C19H26ClN3O2. The van der Waals surface area contributed by atoms with E-state index < -0.39 is 5.60 Å². The lowest BCUT2D eigenvalue weighted by molar-refractivity contribution is -0.0168. The van der Waals surface area contributed by atoms with E-state index in [9.17, 15) is 5.11 Å². The Morgan fingerprint density at radius 1 is 1.28 bits per heavy atom. The molecule has 6 heteroatoms. The largest absolute Gasteiger partial charge is 0.489 e. The second-order valence-corrected chi connectivity index (χ2v) is 7.43. The molecule has 3 rings (SSSR count). The summed E-state index contributed by atoms with van der Waals surface area (Å²) in [5.41, 5.74) is 1.47. The molecule has 1 aliphatic heterocycles. The molecule has 0 spiro atoms. The maximum absolute atomic E-state index is 11.0. The van der Waals surface area contributed by atoms with Gasteiger partial charge in [-0.15, -0.1) is 0 Å². The van der Waals surface area contributed by atoms with E-state index in [1.807, 2.05) is 49.1 Å². The van der Waals surface area contributed by atoms with Gasteiger partial charge in [-0.2, -0.15) is 5.10 Å². The van der Waals surface area contributed by atoms with Crippen LogP contribution < -0.4 is 4.74 Å². The van der Waals surface area contributed by atoms with Gasteiger partial charge in [0.2, 0.25) is 0 Å². The molecule has 0 amide bonds. The molecule has 1 atom stereocenters. The Bertz CT molecular complexity index is 718. The number of hydrogen-bond acceptors (Lipinski definition) is 4. The molecule has 0 bridgehead atoms. The number of hydrogen-bond donors (Lipinski definition) is 1. The van der Waals surface area contributed by atoms with E-state index >= 15 is 0 Å². The molecule has 1 N–H and O–H groups in total. The van der Waals surface area contributed by atoms with Crippen LogP contribution in [-0.2, 0) is 13.6 Å². The average Bonchev–Trinajstić information content (AvgIpc) is 2.88. The summed E-state index contributed by atoms with van der Waals surface area (Å²) in [4.78, 5) is 2.37. The quantitative estimate of drug-likeness (QED) is 0.886. The van der Waals surface area contributed by atoms with E-state index in [1.54, 1.807) is 0 Å². The van der Waals surface area contributed by atoms with Gasteiger partial charge in [0, 0.05) is 26.3 Å². The highest BCUT2D eigenvalue weighted by molar-refractivity contribution is 6.32. The van der Waals surface area contributed by atoms with E-state index in [4.69, 9.17) is 16.3 Å². The van der Waals surface area contributed by atoms with Crippen molar-refractivity contribution in [1.82, 2.24) is 14.7 Å². The topological polar surface area (TPSA) is 50.5 Å². The number of aliphatic hydroxyl groups is 1. The van der Waals surface area contributed by atoms with Gasteiger partial charge >= 0.3 is 0 Å². The Morgan fingerprint density at radius 3 is 2.88 bits per heavy atom. The lowest BCUT2D eigenvalue weighted by Gasteiger charge is -2.27. The van der Waals surface area contributed by atoms with Crippen LogP contribution in [0.5, 0.6) is 5.75 Å². The molecule has 5 nitrogen and oxygen atoms in total. The van der Waals surface area contributed by atoms with Crippen molar-refractivity contribution in [3.8, 4) is 5.75 Å². The highest BCUT2D eigenvalue weighted by Crippen LogP contribution is 2.29. The van der Waals surface area contributed by atoms with Crippen molar-refractivity contribution in [2.45, 2.75) is 38.3 Å². The van der Waals surface area contributed by atoms with Crippen molar-refractivity contribution in [3.63, 3.8) is 0 Å². The fourth-order valence-corrected chi connectivity index (χ4v) is 3.43. The van der Waals surface area contributed by atoms with Gasteiger partial charge in [-0.1, -0.05) is 17.7 Å². The van der Waals surface area contributed by atoms with Crippen molar-refractivity contribution >= 4 is 11.6 Å². The molecule has 1 aromatic heterocycles. The smallest absolute Gasteiger partial charge is 0.138 e. The Balaban J connectivity index is 1.57. The minimum atomic E-state index is -0.811. The van der Waals surface area contributed by atoms with E-state index in [0.717, 1.165) is 38.0 Å². The third kappa shape index (κ3) is 4.75. The summed E-state index contributed by atoms with van der Waals surface area (Å²) in [6.45, 7) is 4.94. The van der Waals surface area contributed by atoms with Gasteiger partial charge in [-0.05, 0) is 56.5 Å². The molecule has 0 radical (unpaired) electrons. The molecular weight excluding hydrogens is 338 g/mol. The Morgan fingerprint density at radius 2 is 2.12 bits per heavy atom.